The van der Waals surface area contributed by atoms with Gasteiger partial charge in [-0.2, -0.15) is 0 Å². The molecular formula is C20H29N5O2. The third-order valence-electron chi connectivity index (χ3n) is 5.51. The van der Waals surface area contributed by atoms with E-state index in [9.17, 15) is 0 Å². The van der Waals surface area contributed by atoms with E-state index in [1.54, 1.807) is 0 Å². The van der Waals surface area contributed by atoms with Crippen molar-refractivity contribution >= 4 is 5.95 Å². The predicted molar refractivity (Wildman–Crippen MR) is 104 cm³/mol. The molecule has 2 aromatic rings. The van der Waals surface area contributed by atoms with Crippen LogP contribution in [0.15, 0.2) is 16.8 Å². The molecule has 4 heterocycles. The molecule has 2 fully saturated rings. The summed E-state index contributed by atoms with van der Waals surface area (Å²) in [5.74, 6) is 2.01. The van der Waals surface area contributed by atoms with Gasteiger partial charge in [0.1, 0.15) is 0 Å². The molecule has 0 N–H and O–H groups in total. The second-order valence-corrected chi connectivity index (χ2v) is 7.52. The van der Waals surface area contributed by atoms with Crippen LogP contribution < -0.4 is 4.90 Å². The summed E-state index contributed by atoms with van der Waals surface area (Å²) in [7, 11) is 0. The van der Waals surface area contributed by atoms with Crippen LogP contribution in [-0.2, 0) is 4.74 Å². The van der Waals surface area contributed by atoms with Gasteiger partial charge in [0.05, 0.1) is 30.2 Å². The van der Waals surface area contributed by atoms with Crippen molar-refractivity contribution in [2.75, 3.05) is 50.8 Å². The van der Waals surface area contributed by atoms with Gasteiger partial charge in [-0.1, -0.05) is 12.1 Å². The maximum atomic E-state index is 5.55. The number of rotatable bonds is 5. The van der Waals surface area contributed by atoms with E-state index < -0.39 is 0 Å². The van der Waals surface area contributed by atoms with Gasteiger partial charge >= 0.3 is 0 Å². The van der Waals surface area contributed by atoms with E-state index in [0.717, 1.165) is 80.9 Å². The van der Waals surface area contributed by atoms with E-state index in [1.165, 1.54) is 13.0 Å². The molecule has 0 aliphatic carbocycles. The summed E-state index contributed by atoms with van der Waals surface area (Å²) in [6.45, 7) is 10.8. The molecule has 0 radical (unpaired) electrons. The van der Waals surface area contributed by atoms with Crippen molar-refractivity contribution in [1.29, 1.82) is 0 Å². The molecule has 2 aliphatic rings. The highest BCUT2D eigenvalue weighted by atomic mass is 16.5. The molecule has 146 valence electrons. The average Bonchev–Trinajstić information content (AvgIpc) is 3.15. The first-order valence-electron chi connectivity index (χ1n) is 10.1. The van der Waals surface area contributed by atoms with Gasteiger partial charge in [0.2, 0.25) is 5.95 Å². The molecule has 2 aliphatic heterocycles. The van der Waals surface area contributed by atoms with Crippen LogP contribution in [0.5, 0.6) is 0 Å². The van der Waals surface area contributed by atoms with Gasteiger partial charge in [0, 0.05) is 31.3 Å². The topological polar surface area (TPSA) is 67.5 Å². The molecule has 2 aromatic heterocycles. The zero-order chi connectivity index (χ0) is 18.6. The van der Waals surface area contributed by atoms with Gasteiger partial charge < -0.3 is 19.1 Å². The fraction of sp³-hybridized carbons (Fsp3) is 0.650. The summed E-state index contributed by atoms with van der Waals surface area (Å²) in [6, 6.07) is 1.98. The van der Waals surface area contributed by atoms with Crippen molar-refractivity contribution in [3.05, 3.63) is 23.7 Å². The lowest BCUT2D eigenvalue weighted by Gasteiger charge is -2.33. The standard InChI is InChI=1S/C20H29N5O2/c1-3-6-24-7-4-16(5-8-24)19-17(18-13-15(2)23-27-18)14-21-20(22-19)25-9-11-26-12-10-25/h13-14,16H,3-12H2,1-2H3. The van der Waals surface area contributed by atoms with Crippen molar-refractivity contribution in [2.24, 2.45) is 0 Å². The number of likely N-dealkylation sites (tertiary alicyclic amines) is 1. The molecule has 7 heteroatoms. The zero-order valence-electron chi connectivity index (χ0n) is 16.4. The lowest BCUT2D eigenvalue weighted by molar-refractivity contribution is 0.122. The number of anilines is 1. The quantitative estimate of drug-likeness (QED) is 0.800. The Morgan fingerprint density at radius 3 is 2.59 bits per heavy atom. The lowest BCUT2D eigenvalue weighted by Crippen LogP contribution is -2.38. The molecule has 7 nitrogen and oxygen atoms in total. The molecule has 0 bridgehead atoms. The van der Waals surface area contributed by atoms with Crippen molar-refractivity contribution in [3.63, 3.8) is 0 Å². The van der Waals surface area contributed by atoms with Crippen LogP contribution in [0.25, 0.3) is 11.3 Å². The van der Waals surface area contributed by atoms with Crippen LogP contribution in [0.1, 0.15) is 43.5 Å². The molecule has 0 unspecified atom stereocenters. The number of hydrogen-bond acceptors (Lipinski definition) is 7. The highest BCUT2D eigenvalue weighted by molar-refractivity contribution is 5.61. The first-order chi connectivity index (χ1) is 13.2. The molecular weight excluding hydrogens is 342 g/mol. The van der Waals surface area contributed by atoms with Crippen LogP contribution in [0, 0.1) is 6.92 Å². The van der Waals surface area contributed by atoms with Gasteiger partial charge in [-0.3, -0.25) is 0 Å². The van der Waals surface area contributed by atoms with Crippen molar-refractivity contribution in [2.45, 2.75) is 39.0 Å². The van der Waals surface area contributed by atoms with Gasteiger partial charge in [-0.15, -0.1) is 0 Å². The number of hydrogen-bond donors (Lipinski definition) is 0. The van der Waals surface area contributed by atoms with Crippen LogP contribution in [-0.4, -0.2) is 66.0 Å². The van der Waals surface area contributed by atoms with E-state index >= 15 is 0 Å². The van der Waals surface area contributed by atoms with E-state index in [2.05, 4.69) is 26.9 Å². The van der Waals surface area contributed by atoms with E-state index in [4.69, 9.17) is 14.2 Å². The Labute approximate surface area is 160 Å². The fourth-order valence-electron chi connectivity index (χ4n) is 4.04. The summed E-state index contributed by atoms with van der Waals surface area (Å²) in [5, 5.41) is 4.06. The number of aromatic nitrogens is 3. The van der Waals surface area contributed by atoms with Crippen LogP contribution in [0.3, 0.4) is 0 Å². The summed E-state index contributed by atoms with van der Waals surface area (Å²) in [6.07, 6.45) is 5.38. The first-order valence-corrected chi connectivity index (χ1v) is 10.1. The zero-order valence-corrected chi connectivity index (χ0v) is 16.4. The Kier molecular flexibility index (Phi) is 5.69. The van der Waals surface area contributed by atoms with Gasteiger partial charge in [-0.25, -0.2) is 9.97 Å². The number of aryl methyl sites for hydroxylation is 1. The highest BCUT2D eigenvalue weighted by Gasteiger charge is 2.27. The van der Waals surface area contributed by atoms with Crippen LogP contribution in [0.4, 0.5) is 5.95 Å². The lowest BCUT2D eigenvalue weighted by atomic mass is 9.90. The van der Waals surface area contributed by atoms with Crippen molar-refractivity contribution in [1.82, 2.24) is 20.0 Å². The minimum atomic E-state index is 0.432. The first kappa shape index (κ1) is 18.4. The maximum absolute atomic E-state index is 5.55. The Morgan fingerprint density at radius 2 is 1.93 bits per heavy atom. The Hall–Kier alpha value is -1.99. The summed E-state index contributed by atoms with van der Waals surface area (Å²) < 4.78 is 11.0. The maximum Gasteiger partial charge on any atom is 0.225 e. The number of ether oxygens (including phenoxy) is 1. The predicted octanol–water partition coefficient (Wildman–Crippen LogP) is 2.87. The molecule has 0 amide bonds. The number of piperidine rings is 1. The third-order valence-corrected chi connectivity index (χ3v) is 5.51. The third kappa shape index (κ3) is 4.14. The Bertz CT molecular complexity index is 749. The second kappa shape index (κ2) is 8.35. The summed E-state index contributed by atoms with van der Waals surface area (Å²) >= 11 is 0. The average molecular weight is 371 g/mol. The molecule has 0 saturated carbocycles. The monoisotopic (exact) mass is 371 g/mol. The Balaban J connectivity index is 1.63. The van der Waals surface area contributed by atoms with Gasteiger partial charge in [0.15, 0.2) is 5.76 Å². The van der Waals surface area contributed by atoms with E-state index in [0.29, 0.717) is 5.92 Å². The van der Waals surface area contributed by atoms with Crippen LogP contribution >= 0.6 is 0 Å². The van der Waals surface area contributed by atoms with Crippen LogP contribution in [0.2, 0.25) is 0 Å². The Morgan fingerprint density at radius 1 is 1.15 bits per heavy atom. The van der Waals surface area contributed by atoms with Gasteiger partial charge in [0.25, 0.3) is 0 Å². The molecule has 0 atom stereocenters. The van der Waals surface area contributed by atoms with Crippen molar-refractivity contribution < 1.29 is 9.26 Å². The summed E-state index contributed by atoms with van der Waals surface area (Å²) in [4.78, 5) is 14.4. The molecule has 0 aromatic carbocycles. The minimum Gasteiger partial charge on any atom is -0.378 e. The second-order valence-electron chi connectivity index (χ2n) is 7.52. The van der Waals surface area contributed by atoms with E-state index in [-0.39, 0.29) is 0 Å². The minimum absolute atomic E-state index is 0.432. The largest absolute Gasteiger partial charge is 0.378 e. The number of nitrogens with zero attached hydrogens (tertiary/aromatic N) is 5. The molecule has 4 rings (SSSR count). The molecule has 0 spiro atoms. The van der Waals surface area contributed by atoms with Crippen molar-refractivity contribution in [3.8, 4) is 11.3 Å². The van der Waals surface area contributed by atoms with E-state index in [1.807, 2.05) is 19.2 Å². The summed E-state index contributed by atoms with van der Waals surface area (Å²) in [5.41, 5.74) is 2.98. The highest BCUT2D eigenvalue weighted by Crippen LogP contribution is 2.35. The molecule has 2 saturated heterocycles. The normalized spacial score (nSPS) is 19.6. The number of morpholine rings is 1. The molecule has 27 heavy (non-hydrogen) atoms. The van der Waals surface area contributed by atoms with Gasteiger partial charge in [-0.05, 0) is 45.8 Å². The SMILES string of the molecule is CCCN1CCC(c2nc(N3CCOCC3)ncc2-c2cc(C)no2)CC1. The smallest absolute Gasteiger partial charge is 0.225 e. The fourth-order valence-corrected chi connectivity index (χ4v) is 4.04.